The second-order valence-electron chi connectivity index (χ2n) is 5.24. The summed E-state index contributed by atoms with van der Waals surface area (Å²) in [6, 6.07) is 0. The van der Waals surface area contributed by atoms with E-state index in [4.69, 9.17) is 9.47 Å². The summed E-state index contributed by atoms with van der Waals surface area (Å²) in [7, 11) is 0. The predicted octanol–water partition coefficient (Wildman–Crippen LogP) is 2.20. The monoisotopic (exact) mass is 237 g/mol. The summed E-state index contributed by atoms with van der Waals surface area (Å²) < 4.78 is 10.7. The molecule has 3 rings (SSSR count). The van der Waals surface area contributed by atoms with E-state index in [-0.39, 0.29) is 12.3 Å². The molecule has 4 nitrogen and oxygen atoms in total. The fourth-order valence-corrected chi connectivity index (χ4v) is 3.05. The average Bonchev–Trinajstić information content (AvgIpc) is 2.92. The summed E-state index contributed by atoms with van der Waals surface area (Å²) in [4.78, 5) is 11.6. The van der Waals surface area contributed by atoms with Gasteiger partial charge in [0.25, 0.3) is 0 Å². The first-order valence-electron chi connectivity index (χ1n) is 6.60. The highest BCUT2D eigenvalue weighted by molar-refractivity contribution is 5.60. The van der Waals surface area contributed by atoms with Gasteiger partial charge in [-0.25, -0.2) is 4.79 Å². The lowest BCUT2D eigenvalue weighted by atomic mass is 10.1. The van der Waals surface area contributed by atoms with E-state index in [9.17, 15) is 4.79 Å². The number of piperidine rings is 1. The van der Waals surface area contributed by atoms with Crippen LogP contribution in [0.1, 0.15) is 32.1 Å². The van der Waals surface area contributed by atoms with Crippen LogP contribution in [0.25, 0.3) is 0 Å². The Morgan fingerprint density at radius 1 is 1.18 bits per heavy atom. The summed E-state index contributed by atoms with van der Waals surface area (Å²) in [6.07, 6.45) is 9.07. The van der Waals surface area contributed by atoms with Gasteiger partial charge in [0.1, 0.15) is 6.10 Å². The van der Waals surface area contributed by atoms with Crippen molar-refractivity contribution in [2.75, 3.05) is 6.54 Å². The maximum Gasteiger partial charge on any atom is 0.510 e. The molecule has 4 unspecified atom stereocenters. The van der Waals surface area contributed by atoms with Gasteiger partial charge in [-0.1, -0.05) is 12.2 Å². The van der Waals surface area contributed by atoms with Crippen LogP contribution in [0.3, 0.4) is 0 Å². The van der Waals surface area contributed by atoms with Crippen LogP contribution in [0.2, 0.25) is 0 Å². The van der Waals surface area contributed by atoms with Crippen molar-refractivity contribution in [2.24, 2.45) is 11.8 Å². The Hall–Kier alpha value is -1.03. The molecule has 1 saturated heterocycles. The van der Waals surface area contributed by atoms with E-state index in [1.807, 2.05) is 0 Å². The van der Waals surface area contributed by atoms with Crippen molar-refractivity contribution in [2.45, 2.75) is 44.4 Å². The maximum absolute atomic E-state index is 11.6. The quantitative estimate of drug-likeness (QED) is 0.591. The van der Waals surface area contributed by atoms with Gasteiger partial charge in [-0.3, -0.25) is 5.32 Å². The number of hydrogen-bond donors (Lipinski definition) is 1. The fraction of sp³-hybridized carbons (Fsp3) is 0.769. The molecule has 0 amide bonds. The first kappa shape index (κ1) is 11.1. The summed E-state index contributed by atoms with van der Waals surface area (Å²) in [5, 5.41) is 3.17. The van der Waals surface area contributed by atoms with E-state index < -0.39 is 6.16 Å². The lowest BCUT2D eigenvalue weighted by Crippen LogP contribution is -2.38. The van der Waals surface area contributed by atoms with Crippen LogP contribution in [-0.2, 0) is 9.47 Å². The summed E-state index contributed by atoms with van der Waals surface area (Å²) >= 11 is 0. The zero-order valence-electron chi connectivity index (χ0n) is 9.93. The molecule has 2 bridgehead atoms. The molecule has 0 spiro atoms. The first-order valence-corrected chi connectivity index (χ1v) is 6.60. The van der Waals surface area contributed by atoms with Gasteiger partial charge in [0.05, 0.1) is 0 Å². The molecule has 0 radical (unpaired) electrons. The molecule has 0 aromatic rings. The number of fused-ring (bicyclic) bond motifs is 2. The Kier molecular flexibility index (Phi) is 3.05. The zero-order valence-corrected chi connectivity index (χ0v) is 9.93. The molecule has 94 valence electrons. The van der Waals surface area contributed by atoms with Crippen LogP contribution in [0.15, 0.2) is 12.2 Å². The molecule has 2 aliphatic carbocycles. The van der Waals surface area contributed by atoms with E-state index >= 15 is 0 Å². The number of carbonyl (C=O) groups excluding carboxylic acids is 1. The number of ether oxygens (including phenoxy) is 2. The van der Waals surface area contributed by atoms with Crippen molar-refractivity contribution >= 4 is 6.16 Å². The van der Waals surface area contributed by atoms with E-state index in [1.165, 1.54) is 0 Å². The van der Waals surface area contributed by atoms with Gasteiger partial charge in [0.15, 0.2) is 6.23 Å². The van der Waals surface area contributed by atoms with E-state index in [1.54, 1.807) is 0 Å². The molecule has 1 aliphatic heterocycles. The highest BCUT2D eigenvalue weighted by atomic mass is 16.7. The van der Waals surface area contributed by atoms with Crippen molar-refractivity contribution < 1.29 is 14.3 Å². The number of rotatable bonds is 2. The van der Waals surface area contributed by atoms with Crippen molar-refractivity contribution in [3.63, 3.8) is 0 Å². The van der Waals surface area contributed by atoms with Crippen LogP contribution < -0.4 is 5.32 Å². The van der Waals surface area contributed by atoms with Gasteiger partial charge in [-0.05, 0) is 44.6 Å². The van der Waals surface area contributed by atoms with Crippen LogP contribution in [0.5, 0.6) is 0 Å². The second kappa shape index (κ2) is 4.69. The molecular weight excluding hydrogens is 218 g/mol. The number of nitrogens with one attached hydrogen (secondary N) is 1. The molecule has 0 aromatic carbocycles. The molecule has 17 heavy (non-hydrogen) atoms. The Morgan fingerprint density at radius 2 is 2.12 bits per heavy atom. The van der Waals surface area contributed by atoms with Gasteiger partial charge in [0.2, 0.25) is 0 Å². The molecule has 1 N–H and O–H groups in total. The van der Waals surface area contributed by atoms with E-state index in [2.05, 4.69) is 17.5 Å². The highest BCUT2D eigenvalue weighted by Gasteiger charge is 2.38. The van der Waals surface area contributed by atoms with E-state index in [0.717, 1.165) is 38.6 Å². The van der Waals surface area contributed by atoms with Gasteiger partial charge in [-0.2, -0.15) is 0 Å². The topological polar surface area (TPSA) is 47.6 Å². The minimum atomic E-state index is -0.504. The second-order valence-corrected chi connectivity index (χ2v) is 5.24. The Bertz CT molecular complexity index is 323. The lowest BCUT2D eigenvalue weighted by Gasteiger charge is -2.25. The third-order valence-corrected chi connectivity index (χ3v) is 3.97. The summed E-state index contributed by atoms with van der Waals surface area (Å²) in [6.45, 7) is 0.925. The molecule has 2 fully saturated rings. The summed E-state index contributed by atoms with van der Waals surface area (Å²) in [5.41, 5.74) is 0. The smallest absolute Gasteiger partial charge is 0.430 e. The lowest BCUT2D eigenvalue weighted by molar-refractivity contribution is -0.0232. The Labute approximate surface area is 101 Å². The van der Waals surface area contributed by atoms with Gasteiger partial charge < -0.3 is 9.47 Å². The van der Waals surface area contributed by atoms with Crippen molar-refractivity contribution in [3.8, 4) is 0 Å². The van der Waals surface area contributed by atoms with Crippen LogP contribution in [-0.4, -0.2) is 25.0 Å². The minimum absolute atomic E-state index is 0.0427. The van der Waals surface area contributed by atoms with Gasteiger partial charge >= 0.3 is 6.16 Å². The maximum atomic E-state index is 11.6. The van der Waals surface area contributed by atoms with Crippen LogP contribution >= 0.6 is 0 Å². The third-order valence-electron chi connectivity index (χ3n) is 3.97. The number of allylic oxidation sites excluding steroid dienone is 1. The molecule has 3 aliphatic rings. The SMILES string of the molecule is O=C(OC1CCCCN1)OC1CC2C=CC1C2. The molecule has 0 aromatic heterocycles. The molecule has 1 saturated carbocycles. The van der Waals surface area contributed by atoms with Gasteiger partial charge in [-0.15, -0.1) is 0 Å². The third kappa shape index (κ3) is 2.46. The number of carbonyl (C=O) groups is 1. The van der Waals surface area contributed by atoms with Gasteiger partial charge in [0, 0.05) is 5.92 Å². The zero-order chi connectivity index (χ0) is 11.7. The van der Waals surface area contributed by atoms with Crippen molar-refractivity contribution in [3.05, 3.63) is 12.2 Å². The fourth-order valence-electron chi connectivity index (χ4n) is 3.05. The standard InChI is InChI=1S/C13H19NO3/c15-13(17-12-3-1-2-6-14-12)16-11-8-9-4-5-10(11)7-9/h4-5,9-12,14H,1-3,6-8H2. The average molecular weight is 237 g/mol. The first-order chi connectivity index (χ1) is 8.31. The Balaban J connectivity index is 1.45. The van der Waals surface area contributed by atoms with Crippen molar-refractivity contribution in [1.82, 2.24) is 5.32 Å². The molecule has 4 atom stereocenters. The molecule has 1 heterocycles. The van der Waals surface area contributed by atoms with Crippen LogP contribution in [0.4, 0.5) is 4.79 Å². The largest absolute Gasteiger partial charge is 0.510 e. The Morgan fingerprint density at radius 3 is 2.76 bits per heavy atom. The normalized spacial score (nSPS) is 39.3. The van der Waals surface area contributed by atoms with E-state index in [0.29, 0.717) is 11.8 Å². The highest BCUT2D eigenvalue weighted by Crippen LogP contribution is 2.40. The predicted molar refractivity (Wildman–Crippen MR) is 62.3 cm³/mol. The number of hydrogen-bond acceptors (Lipinski definition) is 4. The molecular formula is C13H19NO3. The summed E-state index contributed by atoms with van der Waals surface area (Å²) in [5.74, 6) is 1.04. The molecule has 4 heteroatoms. The minimum Gasteiger partial charge on any atom is -0.430 e. The van der Waals surface area contributed by atoms with Crippen molar-refractivity contribution in [1.29, 1.82) is 0 Å². The van der Waals surface area contributed by atoms with Crippen LogP contribution in [0, 0.1) is 11.8 Å².